The fourth-order valence-electron chi connectivity index (χ4n) is 2.09. The molecule has 0 bridgehead atoms. The first kappa shape index (κ1) is 11.8. The van der Waals surface area contributed by atoms with Crippen LogP contribution in [-0.4, -0.2) is 22.3 Å². The Kier molecular flexibility index (Phi) is 4.09. The van der Waals surface area contributed by atoms with Crippen LogP contribution in [0.3, 0.4) is 0 Å². The van der Waals surface area contributed by atoms with Crippen LogP contribution in [0, 0.1) is 0 Å². The summed E-state index contributed by atoms with van der Waals surface area (Å²) < 4.78 is 0. The number of hydrogen-bond acceptors (Lipinski definition) is 4. The first-order valence-corrected chi connectivity index (χ1v) is 6.10. The molecule has 4 nitrogen and oxygen atoms in total. The SMILES string of the molecule is N[C@@H]1CCCC[C@@H]1NCc1ccc(Cl)nn1. The molecule has 1 fully saturated rings. The van der Waals surface area contributed by atoms with Gasteiger partial charge in [0, 0.05) is 18.6 Å². The maximum atomic E-state index is 6.05. The molecule has 1 saturated carbocycles. The van der Waals surface area contributed by atoms with E-state index in [1.54, 1.807) is 6.07 Å². The molecule has 88 valence electrons. The van der Waals surface area contributed by atoms with E-state index in [1.165, 1.54) is 12.8 Å². The third-order valence-electron chi connectivity index (χ3n) is 3.05. The van der Waals surface area contributed by atoms with Crippen molar-refractivity contribution in [3.8, 4) is 0 Å². The number of nitrogens with one attached hydrogen (secondary N) is 1. The van der Waals surface area contributed by atoms with Crippen molar-refractivity contribution in [1.29, 1.82) is 0 Å². The summed E-state index contributed by atoms with van der Waals surface area (Å²) in [6.45, 7) is 0.711. The van der Waals surface area contributed by atoms with Crippen molar-refractivity contribution in [2.24, 2.45) is 5.73 Å². The summed E-state index contributed by atoms with van der Waals surface area (Å²) in [5, 5.41) is 11.7. The standard InChI is InChI=1S/C11H17ClN4/c12-11-6-5-8(15-16-11)7-14-10-4-2-1-3-9(10)13/h5-6,9-10,14H,1-4,7,13H2/t9-,10+/m1/s1. The van der Waals surface area contributed by atoms with E-state index in [-0.39, 0.29) is 6.04 Å². The Morgan fingerprint density at radius 1 is 1.31 bits per heavy atom. The van der Waals surface area contributed by atoms with Crippen LogP contribution in [-0.2, 0) is 6.54 Å². The van der Waals surface area contributed by atoms with Gasteiger partial charge in [0.15, 0.2) is 5.15 Å². The van der Waals surface area contributed by atoms with Crippen molar-refractivity contribution in [3.05, 3.63) is 23.0 Å². The molecule has 5 heteroatoms. The molecular weight excluding hydrogens is 224 g/mol. The molecule has 3 N–H and O–H groups in total. The average molecular weight is 241 g/mol. The van der Waals surface area contributed by atoms with Gasteiger partial charge >= 0.3 is 0 Å². The van der Waals surface area contributed by atoms with Crippen molar-refractivity contribution >= 4 is 11.6 Å². The van der Waals surface area contributed by atoms with Crippen molar-refractivity contribution in [2.75, 3.05) is 0 Å². The fourth-order valence-corrected chi connectivity index (χ4v) is 2.19. The predicted octanol–water partition coefficient (Wildman–Crippen LogP) is 1.49. The molecule has 0 radical (unpaired) electrons. The molecule has 1 heterocycles. The van der Waals surface area contributed by atoms with E-state index in [0.717, 1.165) is 18.5 Å². The van der Waals surface area contributed by atoms with Crippen molar-refractivity contribution in [2.45, 2.75) is 44.3 Å². The Balaban J connectivity index is 1.84. The van der Waals surface area contributed by atoms with Gasteiger partial charge in [0.25, 0.3) is 0 Å². The number of nitrogens with zero attached hydrogens (tertiary/aromatic N) is 2. The van der Waals surface area contributed by atoms with Crippen LogP contribution < -0.4 is 11.1 Å². The van der Waals surface area contributed by atoms with Crippen LogP contribution in [0.2, 0.25) is 5.15 Å². The minimum atomic E-state index is 0.272. The van der Waals surface area contributed by atoms with Gasteiger partial charge in [-0.3, -0.25) is 0 Å². The Bertz CT molecular complexity index is 327. The van der Waals surface area contributed by atoms with E-state index in [2.05, 4.69) is 15.5 Å². The van der Waals surface area contributed by atoms with E-state index in [4.69, 9.17) is 17.3 Å². The van der Waals surface area contributed by atoms with Gasteiger partial charge in [0.1, 0.15) is 0 Å². The zero-order valence-corrected chi connectivity index (χ0v) is 9.95. The molecule has 1 aromatic heterocycles. The van der Waals surface area contributed by atoms with Crippen LogP contribution in [0.25, 0.3) is 0 Å². The van der Waals surface area contributed by atoms with Gasteiger partial charge in [-0.25, -0.2) is 0 Å². The lowest BCUT2D eigenvalue weighted by molar-refractivity contribution is 0.325. The first-order chi connectivity index (χ1) is 7.75. The number of nitrogens with two attached hydrogens (primary N) is 1. The number of aromatic nitrogens is 2. The lowest BCUT2D eigenvalue weighted by Gasteiger charge is -2.29. The Morgan fingerprint density at radius 2 is 2.12 bits per heavy atom. The Labute approximate surface area is 101 Å². The molecule has 0 aliphatic heterocycles. The zero-order chi connectivity index (χ0) is 11.4. The van der Waals surface area contributed by atoms with E-state index in [9.17, 15) is 0 Å². The molecule has 0 spiro atoms. The molecular formula is C11H17ClN4. The normalized spacial score (nSPS) is 25.6. The third-order valence-corrected chi connectivity index (χ3v) is 3.25. The van der Waals surface area contributed by atoms with Crippen LogP contribution in [0.4, 0.5) is 0 Å². The smallest absolute Gasteiger partial charge is 0.151 e. The van der Waals surface area contributed by atoms with E-state index < -0.39 is 0 Å². The monoisotopic (exact) mass is 240 g/mol. The highest BCUT2D eigenvalue weighted by Crippen LogP contribution is 2.17. The molecule has 1 aliphatic carbocycles. The molecule has 0 unspecified atom stereocenters. The third kappa shape index (κ3) is 3.14. The minimum absolute atomic E-state index is 0.272. The quantitative estimate of drug-likeness (QED) is 0.840. The molecule has 0 amide bonds. The topological polar surface area (TPSA) is 63.8 Å². The highest BCUT2D eigenvalue weighted by molar-refractivity contribution is 6.29. The number of hydrogen-bond donors (Lipinski definition) is 2. The van der Waals surface area contributed by atoms with Gasteiger partial charge < -0.3 is 11.1 Å². The second kappa shape index (κ2) is 5.57. The maximum absolute atomic E-state index is 6.05. The molecule has 16 heavy (non-hydrogen) atoms. The molecule has 1 aromatic rings. The van der Waals surface area contributed by atoms with Gasteiger partial charge in [-0.1, -0.05) is 24.4 Å². The maximum Gasteiger partial charge on any atom is 0.151 e. The summed E-state index contributed by atoms with van der Waals surface area (Å²) in [4.78, 5) is 0. The van der Waals surface area contributed by atoms with E-state index in [1.807, 2.05) is 6.07 Å². The molecule has 2 atom stereocenters. The Hall–Kier alpha value is -0.710. The molecule has 0 saturated heterocycles. The molecule has 2 rings (SSSR count). The van der Waals surface area contributed by atoms with Crippen LogP contribution >= 0.6 is 11.6 Å². The summed E-state index contributed by atoms with van der Waals surface area (Å²) in [5.74, 6) is 0. The fraction of sp³-hybridized carbons (Fsp3) is 0.636. The van der Waals surface area contributed by atoms with Gasteiger partial charge in [-0.2, -0.15) is 5.10 Å². The van der Waals surface area contributed by atoms with Gasteiger partial charge in [0.2, 0.25) is 0 Å². The highest BCUT2D eigenvalue weighted by atomic mass is 35.5. The van der Waals surface area contributed by atoms with Crippen LogP contribution in [0.1, 0.15) is 31.4 Å². The second-order valence-corrected chi connectivity index (χ2v) is 4.67. The van der Waals surface area contributed by atoms with Crippen LogP contribution in [0.15, 0.2) is 12.1 Å². The zero-order valence-electron chi connectivity index (χ0n) is 9.19. The average Bonchev–Trinajstić information content (AvgIpc) is 2.30. The lowest BCUT2D eigenvalue weighted by Crippen LogP contribution is -2.46. The largest absolute Gasteiger partial charge is 0.326 e. The second-order valence-electron chi connectivity index (χ2n) is 4.28. The molecule has 0 aromatic carbocycles. The van der Waals surface area contributed by atoms with E-state index in [0.29, 0.717) is 17.7 Å². The van der Waals surface area contributed by atoms with Crippen molar-refractivity contribution in [3.63, 3.8) is 0 Å². The minimum Gasteiger partial charge on any atom is -0.326 e. The van der Waals surface area contributed by atoms with Crippen molar-refractivity contribution < 1.29 is 0 Å². The number of rotatable bonds is 3. The van der Waals surface area contributed by atoms with Crippen molar-refractivity contribution in [1.82, 2.24) is 15.5 Å². The highest BCUT2D eigenvalue weighted by Gasteiger charge is 2.20. The molecule has 1 aliphatic rings. The van der Waals surface area contributed by atoms with Gasteiger partial charge in [0.05, 0.1) is 5.69 Å². The Morgan fingerprint density at radius 3 is 2.81 bits per heavy atom. The summed E-state index contributed by atoms with van der Waals surface area (Å²) in [7, 11) is 0. The van der Waals surface area contributed by atoms with Gasteiger partial charge in [-0.15, -0.1) is 5.10 Å². The summed E-state index contributed by atoms with van der Waals surface area (Å²) in [6.07, 6.45) is 4.78. The van der Waals surface area contributed by atoms with E-state index >= 15 is 0 Å². The first-order valence-electron chi connectivity index (χ1n) is 5.73. The van der Waals surface area contributed by atoms with Crippen LogP contribution in [0.5, 0.6) is 0 Å². The predicted molar refractivity (Wildman–Crippen MR) is 64.1 cm³/mol. The summed E-state index contributed by atoms with van der Waals surface area (Å²) in [6, 6.07) is 4.32. The summed E-state index contributed by atoms with van der Waals surface area (Å²) >= 11 is 5.67. The number of halogens is 1. The van der Waals surface area contributed by atoms with Gasteiger partial charge in [-0.05, 0) is 25.0 Å². The lowest BCUT2D eigenvalue weighted by atomic mass is 9.91. The summed E-state index contributed by atoms with van der Waals surface area (Å²) in [5.41, 5.74) is 6.95.